The van der Waals surface area contributed by atoms with E-state index >= 15 is 0 Å². The predicted octanol–water partition coefficient (Wildman–Crippen LogP) is 3.88. The number of hydrogen-bond donors (Lipinski definition) is 1. The van der Waals surface area contributed by atoms with Crippen molar-refractivity contribution in [1.29, 1.82) is 0 Å². The van der Waals surface area contributed by atoms with Crippen LogP contribution in [0.1, 0.15) is 41.0 Å². The Morgan fingerprint density at radius 3 is 2.00 bits per heavy atom. The van der Waals surface area contributed by atoms with Crippen LogP contribution in [0.15, 0.2) is 24.3 Å². The molecule has 1 N–H and O–H groups in total. The molecule has 0 bridgehead atoms. The van der Waals surface area contributed by atoms with Crippen LogP contribution in [0, 0.1) is 5.41 Å². The highest BCUT2D eigenvalue weighted by Crippen LogP contribution is 2.22. The fraction of sp³-hybridized carbons (Fsp3) is 0.647. The molecule has 20 heavy (non-hydrogen) atoms. The van der Waals surface area contributed by atoms with E-state index in [2.05, 4.69) is 33.0 Å². The van der Waals surface area contributed by atoms with Gasteiger partial charge in [0.15, 0.2) is 0 Å². The third kappa shape index (κ3) is 5.83. The van der Waals surface area contributed by atoms with Crippen LogP contribution in [0.4, 0.5) is 0 Å². The van der Waals surface area contributed by atoms with E-state index in [9.17, 15) is 0 Å². The molecule has 1 unspecified atom stereocenters. The molecule has 0 aliphatic rings. The minimum atomic E-state index is 0.181. The van der Waals surface area contributed by atoms with E-state index in [1.165, 1.54) is 0 Å². The van der Waals surface area contributed by atoms with E-state index in [1.54, 1.807) is 0 Å². The highest BCUT2D eigenvalue weighted by atomic mass is 16.5. The van der Waals surface area contributed by atoms with Crippen LogP contribution in [0.3, 0.4) is 0 Å². The molecule has 0 saturated carbocycles. The van der Waals surface area contributed by atoms with Gasteiger partial charge in [0.25, 0.3) is 0 Å². The SMILES string of the molecule is CCCNC(COc1ccc(OCC)cc1)C(C)(C)C. The van der Waals surface area contributed by atoms with Crippen molar-refractivity contribution in [3.8, 4) is 11.5 Å². The van der Waals surface area contributed by atoms with Gasteiger partial charge in [-0.05, 0) is 49.6 Å². The normalized spacial score (nSPS) is 13.1. The lowest BCUT2D eigenvalue weighted by Gasteiger charge is -2.31. The largest absolute Gasteiger partial charge is 0.494 e. The van der Waals surface area contributed by atoms with Gasteiger partial charge in [0.1, 0.15) is 18.1 Å². The molecule has 1 aromatic carbocycles. The molecule has 1 aromatic rings. The van der Waals surface area contributed by atoms with Gasteiger partial charge < -0.3 is 14.8 Å². The molecule has 114 valence electrons. The van der Waals surface area contributed by atoms with Crippen LogP contribution in [-0.4, -0.2) is 25.8 Å². The van der Waals surface area contributed by atoms with Crippen molar-refractivity contribution in [2.45, 2.75) is 47.1 Å². The first-order valence-corrected chi connectivity index (χ1v) is 7.56. The second-order valence-electron chi connectivity index (χ2n) is 6.09. The van der Waals surface area contributed by atoms with Crippen LogP contribution >= 0.6 is 0 Å². The van der Waals surface area contributed by atoms with Crippen molar-refractivity contribution < 1.29 is 9.47 Å². The van der Waals surface area contributed by atoms with Gasteiger partial charge in [-0.15, -0.1) is 0 Å². The van der Waals surface area contributed by atoms with Crippen LogP contribution in [-0.2, 0) is 0 Å². The van der Waals surface area contributed by atoms with Crippen molar-refractivity contribution in [3.63, 3.8) is 0 Å². The highest BCUT2D eigenvalue weighted by molar-refractivity contribution is 5.31. The Kier molecular flexibility index (Phi) is 6.86. The Bertz CT molecular complexity index is 368. The zero-order valence-corrected chi connectivity index (χ0v) is 13.5. The second-order valence-corrected chi connectivity index (χ2v) is 6.09. The average molecular weight is 279 g/mol. The third-order valence-corrected chi connectivity index (χ3v) is 3.24. The molecular formula is C17H29NO2. The van der Waals surface area contributed by atoms with Crippen LogP contribution in [0.2, 0.25) is 0 Å². The zero-order valence-electron chi connectivity index (χ0n) is 13.5. The minimum absolute atomic E-state index is 0.181. The minimum Gasteiger partial charge on any atom is -0.494 e. The van der Waals surface area contributed by atoms with E-state index < -0.39 is 0 Å². The topological polar surface area (TPSA) is 30.5 Å². The molecule has 0 amide bonds. The van der Waals surface area contributed by atoms with Crippen molar-refractivity contribution in [2.24, 2.45) is 5.41 Å². The van der Waals surface area contributed by atoms with Crippen molar-refractivity contribution in [3.05, 3.63) is 24.3 Å². The van der Waals surface area contributed by atoms with E-state index in [0.29, 0.717) is 19.3 Å². The molecule has 0 saturated heterocycles. The Labute approximate surface area is 123 Å². The first-order valence-electron chi connectivity index (χ1n) is 7.56. The summed E-state index contributed by atoms with van der Waals surface area (Å²) in [6.45, 7) is 13.3. The quantitative estimate of drug-likeness (QED) is 0.783. The molecule has 0 radical (unpaired) electrons. The summed E-state index contributed by atoms with van der Waals surface area (Å²) in [6.07, 6.45) is 1.13. The smallest absolute Gasteiger partial charge is 0.119 e. The second kappa shape index (κ2) is 8.15. The molecule has 3 nitrogen and oxygen atoms in total. The maximum Gasteiger partial charge on any atom is 0.119 e. The summed E-state index contributed by atoms with van der Waals surface area (Å²) in [7, 11) is 0. The summed E-state index contributed by atoms with van der Waals surface area (Å²) in [5.41, 5.74) is 0.181. The lowest BCUT2D eigenvalue weighted by molar-refractivity contribution is 0.174. The fourth-order valence-electron chi connectivity index (χ4n) is 1.91. The van der Waals surface area contributed by atoms with Gasteiger partial charge >= 0.3 is 0 Å². The molecule has 0 aromatic heterocycles. The molecule has 1 rings (SSSR count). The number of hydrogen-bond acceptors (Lipinski definition) is 3. The lowest BCUT2D eigenvalue weighted by atomic mass is 9.87. The van der Waals surface area contributed by atoms with Gasteiger partial charge in [-0.2, -0.15) is 0 Å². The van der Waals surface area contributed by atoms with Gasteiger partial charge in [0.2, 0.25) is 0 Å². The van der Waals surface area contributed by atoms with Gasteiger partial charge in [0.05, 0.1) is 6.61 Å². The molecule has 0 aliphatic heterocycles. The Hall–Kier alpha value is -1.22. The van der Waals surface area contributed by atoms with Gasteiger partial charge in [-0.1, -0.05) is 27.7 Å². The summed E-state index contributed by atoms with van der Waals surface area (Å²) >= 11 is 0. The molecule has 0 aliphatic carbocycles. The molecule has 3 heteroatoms. The summed E-state index contributed by atoms with van der Waals surface area (Å²) in [5, 5.41) is 3.56. The zero-order chi connectivity index (χ0) is 15.0. The molecular weight excluding hydrogens is 250 g/mol. The van der Waals surface area contributed by atoms with Gasteiger partial charge in [-0.3, -0.25) is 0 Å². The number of nitrogens with one attached hydrogen (secondary N) is 1. The maximum atomic E-state index is 5.91. The van der Waals surface area contributed by atoms with Crippen molar-refractivity contribution >= 4 is 0 Å². The first-order chi connectivity index (χ1) is 9.47. The number of rotatable bonds is 8. The molecule has 0 fully saturated rings. The summed E-state index contributed by atoms with van der Waals surface area (Å²) < 4.78 is 11.3. The van der Waals surface area contributed by atoms with Crippen LogP contribution in [0.25, 0.3) is 0 Å². The standard InChI is InChI=1S/C17H29NO2/c1-6-12-18-16(17(3,4)5)13-20-15-10-8-14(9-11-15)19-7-2/h8-11,16,18H,6-7,12-13H2,1-5H3. The van der Waals surface area contributed by atoms with E-state index in [1.807, 2.05) is 31.2 Å². The Morgan fingerprint density at radius 1 is 1.00 bits per heavy atom. The monoisotopic (exact) mass is 279 g/mol. The predicted molar refractivity (Wildman–Crippen MR) is 84.6 cm³/mol. The van der Waals surface area contributed by atoms with Crippen LogP contribution < -0.4 is 14.8 Å². The highest BCUT2D eigenvalue weighted by Gasteiger charge is 2.24. The average Bonchev–Trinajstić information content (AvgIpc) is 2.39. The number of benzene rings is 1. The molecule has 0 heterocycles. The van der Waals surface area contributed by atoms with Crippen molar-refractivity contribution in [1.82, 2.24) is 5.32 Å². The molecule has 0 spiro atoms. The lowest BCUT2D eigenvalue weighted by Crippen LogP contribution is -2.45. The summed E-state index contributed by atoms with van der Waals surface area (Å²) in [4.78, 5) is 0. The van der Waals surface area contributed by atoms with Gasteiger partial charge in [-0.25, -0.2) is 0 Å². The van der Waals surface area contributed by atoms with Crippen molar-refractivity contribution in [2.75, 3.05) is 19.8 Å². The van der Waals surface area contributed by atoms with Crippen LogP contribution in [0.5, 0.6) is 11.5 Å². The Morgan fingerprint density at radius 2 is 1.55 bits per heavy atom. The molecule has 1 atom stereocenters. The van der Waals surface area contributed by atoms with E-state index in [0.717, 1.165) is 24.5 Å². The summed E-state index contributed by atoms with van der Waals surface area (Å²) in [6, 6.07) is 8.16. The van der Waals surface area contributed by atoms with E-state index in [4.69, 9.17) is 9.47 Å². The fourth-order valence-corrected chi connectivity index (χ4v) is 1.91. The number of ether oxygens (including phenoxy) is 2. The maximum absolute atomic E-state index is 5.91. The Balaban J connectivity index is 2.53. The van der Waals surface area contributed by atoms with E-state index in [-0.39, 0.29) is 5.41 Å². The first kappa shape index (κ1) is 16.8. The van der Waals surface area contributed by atoms with Gasteiger partial charge in [0, 0.05) is 6.04 Å². The summed E-state index contributed by atoms with van der Waals surface area (Å²) in [5.74, 6) is 1.78. The third-order valence-electron chi connectivity index (χ3n) is 3.24.